The molecule has 0 amide bonds. The molecule has 0 aromatic carbocycles. The number of carbonyl (C=O) groups is 3. The van der Waals surface area contributed by atoms with Crippen LogP contribution in [0, 0.1) is 29.6 Å². The van der Waals surface area contributed by atoms with Gasteiger partial charge >= 0.3 is 5.97 Å². The lowest BCUT2D eigenvalue weighted by molar-refractivity contribution is -0.160. The van der Waals surface area contributed by atoms with Gasteiger partial charge in [-0.15, -0.1) is 0 Å². The summed E-state index contributed by atoms with van der Waals surface area (Å²) in [6.07, 6.45) is 2.43. The lowest BCUT2D eigenvalue weighted by Crippen LogP contribution is -2.51. The second-order valence-corrected chi connectivity index (χ2v) is 9.41. The molecule has 3 fully saturated rings. The number of ketones is 1. The minimum absolute atomic E-state index is 0.0220. The predicted molar refractivity (Wildman–Crippen MR) is 103 cm³/mol. The zero-order valence-electron chi connectivity index (χ0n) is 17.7. The van der Waals surface area contributed by atoms with Gasteiger partial charge in [0.15, 0.2) is 0 Å². The van der Waals surface area contributed by atoms with Gasteiger partial charge in [-0.3, -0.25) is 9.59 Å². The van der Waals surface area contributed by atoms with Crippen LogP contribution in [0.2, 0.25) is 0 Å². The fourth-order valence-electron chi connectivity index (χ4n) is 5.96. The summed E-state index contributed by atoms with van der Waals surface area (Å²) in [7, 11) is 0. The SMILES string of the molecule is CC(=O)C[C@@H]1O[C@H]2[C@H]3C(C[C@@H](C)[C@@H](OC(C)=O)[C@H]31)[C@@H](C)CO[C@@]2(C)CCC=O. The first-order valence-corrected chi connectivity index (χ1v) is 10.6. The van der Waals surface area contributed by atoms with Gasteiger partial charge < -0.3 is 19.0 Å². The van der Waals surface area contributed by atoms with Gasteiger partial charge in [-0.2, -0.15) is 0 Å². The van der Waals surface area contributed by atoms with E-state index in [4.69, 9.17) is 14.2 Å². The standard InChI is InChI=1S/C22H34O6/c1-12-9-16-13(2)11-26-22(5,7-6-8-23)21-18(16)19(20(12)27-15(4)25)17(28-21)10-14(3)24/h8,12-13,16-21H,6-7,9-11H2,1-5H3/t12-,13+,16?,17+,18+,19+,20-,21+,22+/m1/s1. The van der Waals surface area contributed by atoms with Crippen molar-refractivity contribution in [2.45, 2.75) is 84.2 Å². The topological polar surface area (TPSA) is 78.9 Å². The molecule has 0 N–H and O–H groups in total. The van der Waals surface area contributed by atoms with Gasteiger partial charge in [0.1, 0.15) is 18.2 Å². The van der Waals surface area contributed by atoms with E-state index in [0.29, 0.717) is 37.7 Å². The molecule has 28 heavy (non-hydrogen) atoms. The lowest BCUT2D eigenvalue weighted by Gasteiger charge is -2.46. The number of rotatable bonds is 6. The highest BCUT2D eigenvalue weighted by Crippen LogP contribution is 2.56. The third-order valence-electron chi connectivity index (χ3n) is 7.18. The Balaban J connectivity index is 2.02. The summed E-state index contributed by atoms with van der Waals surface area (Å²) in [4.78, 5) is 34.9. The molecule has 0 spiro atoms. The van der Waals surface area contributed by atoms with Crippen LogP contribution < -0.4 is 0 Å². The molecule has 0 radical (unpaired) electrons. The van der Waals surface area contributed by atoms with Crippen LogP contribution in [-0.4, -0.2) is 48.6 Å². The molecule has 0 aromatic rings. The van der Waals surface area contributed by atoms with E-state index in [-0.39, 0.29) is 47.8 Å². The summed E-state index contributed by atoms with van der Waals surface area (Å²) >= 11 is 0. The van der Waals surface area contributed by atoms with Crippen molar-refractivity contribution in [3.63, 3.8) is 0 Å². The Hall–Kier alpha value is -1.27. The monoisotopic (exact) mass is 394 g/mol. The lowest BCUT2D eigenvalue weighted by atomic mass is 9.59. The summed E-state index contributed by atoms with van der Waals surface area (Å²) in [5.41, 5.74) is -0.584. The fraction of sp³-hybridized carbons (Fsp3) is 0.864. The first-order chi connectivity index (χ1) is 13.2. The number of aldehydes is 1. The van der Waals surface area contributed by atoms with Crippen molar-refractivity contribution in [3.05, 3.63) is 0 Å². The van der Waals surface area contributed by atoms with Gasteiger partial charge in [-0.1, -0.05) is 13.8 Å². The maximum Gasteiger partial charge on any atom is 0.302 e. The average molecular weight is 395 g/mol. The van der Waals surface area contributed by atoms with Crippen LogP contribution in [0.1, 0.15) is 60.3 Å². The second-order valence-electron chi connectivity index (χ2n) is 9.41. The van der Waals surface area contributed by atoms with Crippen LogP contribution in [0.15, 0.2) is 0 Å². The number of hydrogen-bond acceptors (Lipinski definition) is 6. The van der Waals surface area contributed by atoms with E-state index in [1.807, 2.05) is 6.92 Å². The molecule has 6 heteroatoms. The Morgan fingerprint density at radius 2 is 1.89 bits per heavy atom. The summed E-state index contributed by atoms with van der Waals surface area (Å²) in [6.45, 7) is 10.0. The minimum atomic E-state index is -0.584. The number of ether oxygens (including phenoxy) is 3. The van der Waals surface area contributed by atoms with Crippen molar-refractivity contribution in [3.8, 4) is 0 Å². The fourth-order valence-corrected chi connectivity index (χ4v) is 5.96. The Labute approximate surface area is 167 Å². The van der Waals surface area contributed by atoms with Crippen LogP contribution >= 0.6 is 0 Å². The summed E-state index contributed by atoms with van der Waals surface area (Å²) in [6, 6.07) is 0. The molecule has 0 bridgehead atoms. The normalized spacial score (nSPS) is 45.0. The largest absolute Gasteiger partial charge is 0.462 e. The van der Waals surface area contributed by atoms with Gasteiger partial charge in [-0.05, 0) is 50.4 Å². The van der Waals surface area contributed by atoms with Crippen LogP contribution in [-0.2, 0) is 28.6 Å². The van der Waals surface area contributed by atoms with Crippen molar-refractivity contribution >= 4 is 18.0 Å². The predicted octanol–water partition coefficient (Wildman–Crippen LogP) is 2.96. The number of carbonyl (C=O) groups excluding carboxylic acids is 3. The van der Waals surface area contributed by atoms with Crippen molar-refractivity contribution in [2.75, 3.05) is 6.61 Å². The molecule has 0 aromatic heterocycles. The molecular formula is C22H34O6. The highest BCUT2D eigenvalue weighted by molar-refractivity contribution is 5.76. The summed E-state index contributed by atoms with van der Waals surface area (Å²) < 4.78 is 18.7. The number of esters is 1. The molecule has 2 aliphatic heterocycles. The molecule has 1 saturated carbocycles. The molecular weight excluding hydrogens is 360 g/mol. The van der Waals surface area contributed by atoms with E-state index in [2.05, 4.69) is 13.8 Å². The molecule has 2 saturated heterocycles. The van der Waals surface area contributed by atoms with Crippen LogP contribution in [0.5, 0.6) is 0 Å². The minimum Gasteiger partial charge on any atom is -0.462 e. The van der Waals surface area contributed by atoms with E-state index in [1.165, 1.54) is 6.92 Å². The van der Waals surface area contributed by atoms with Crippen molar-refractivity contribution < 1.29 is 28.6 Å². The van der Waals surface area contributed by atoms with Gasteiger partial charge in [0.25, 0.3) is 0 Å². The third kappa shape index (κ3) is 3.90. The Morgan fingerprint density at radius 3 is 2.50 bits per heavy atom. The smallest absolute Gasteiger partial charge is 0.302 e. The van der Waals surface area contributed by atoms with Crippen molar-refractivity contribution in [1.29, 1.82) is 0 Å². The quantitative estimate of drug-likeness (QED) is 0.509. The van der Waals surface area contributed by atoms with Crippen LogP contribution in [0.3, 0.4) is 0 Å². The molecule has 2 heterocycles. The van der Waals surface area contributed by atoms with Gasteiger partial charge in [0, 0.05) is 25.7 Å². The Kier molecular flexibility index (Phi) is 6.30. The zero-order valence-corrected chi connectivity index (χ0v) is 17.7. The van der Waals surface area contributed by atoms with Crippen molar-refractivity contribution in [1.82, 2.24) is 0 Å². The third-order valence-corrected chi connectivity index (χ3v) is 7.18. The molecule has 9 atom stereocenters. The highest BCUT2D eigenvalue weighted by atomic mass is 16.6. The number of Topliss-reactive ketones (excluding diaryl/α,β-unsaturated/α-hetero) is 1. The van der Waals surface area contributed by atoms with Gasteiger partial charge in [0.05, 0.1) is 24.4 Å². The molecule has 3 rings (SSSR count). The maximum absolute atomic E-state index is 12.0. The van der Waals surface area contributed by atoms with Crippen LogP contribution in [0.4, 0.5) is 0 Å². The van der Waals surface area contributed by atoms with E-state index >= 15 is 0 Å². The molecule has 1 aliphatic carbocycles. The first kappa shape index (κ1) is 21.4. The van der Waals surface area contributed by atoms with Crippen LogP contribution in [0.25, 0.3) is 0 Å². The Bertz CT molecular complexity index is 618. The zero-order chi connectivity index (χ0) is 20.6. The second kappa shape index (κ2) is 8.23. The summed E-state index contributed by atoms with van der Waals surface area (Å²) in [5, 5.41) is 0. The highest BCUT2D eigenvalue weighted by Gasteiger charge is 2.62. The van der Waals surface area contributed by atoms with E-state index in [1.54, 1.807) is 6.92 Å². The number of hydrogen-bond donors (Lipinski definition) is 0. The van der Waals surface area contributed by atoms with Crippen molar-refractivity contribution in [2.24, 2.45) is 29.6 Å². The molecule has 3 aliphatic rings. The van der Waals surface area contributed by atoms with E-state index < -0.39 is 5.60 Å². The van der Waals surface area contributed by atoms with Gasteiger partial charge in [-0.25, -0.2) is 0 Å². The Morgan fingerprint density at radius 1 is 1.18 bits per heavy atom. The molecule has 158 valence electrons. The van der Waals surface area contributed by atoms with E-state index in [9.17, 15) is 14.4 Å². The average Bonchev–Trinajstić information content (AvgIpc) is 2.94. The first-order valence-electron chi connectivity index (χ1n) is 10.6. The van der Waals surface area contributed by atoms with E-state index in [0.717, 1.165) is 12.7 Å². The molecule has 1 unspecified atom stereocenters. The summed E-state index contributed by atoms with van der Waals surface area (Å²) in [5.74, 6) is 0.836. The van der Waals surface area contributed by atoms with Gasteiger partial charge in [0.2, 0.25) is 0 Å². The maximum atomic E-state index is 12.0. The molecule has 6 nitrogen and oxygen atoms in total.